The maximum atomic E-state index is 5.50. The molecule has 1 aromatic rings. The highest BCUT2D eigenvalue weighted by Crippen LogP contribution is 2.24. The van der Waals surface area contributed by atoms with E-state index < -0.39 is 0 Å². The van der Waals surface area contributed by atoms with Crippen LogP contribution in [0.4, 0.5) is 0 Å². The molecule has 0 spiro atoms. The molecule has 0 saturated heterocycles. The van der Waals surface area contributed by atoms with Crippen molar-refractivity contribution in [1.29, 1.82) is 0 Å². The molecule has 0 bridgehead atoms. The van der Waals surface area contributed by atoms with E-state index in [0.717, 1.165) is 5.56 Å². The second-order valence-corrected chi connectivity index (χ2v) is 3.47. The van der Waals surface area contributed by atoms with Crippen molar-refractivity contribution < 1.29 is 4.42 Å². The Hall–Kier alpha value is -0.800. The Labute approximate surface area is 79.3 Å². The maximum Gasteiger partial charge on any atom is 0.0950 e. The number of rotatable bonds is 5. The second kappa shape index (κ2) is 5.04. The van der Waals surface area contributed by atoms with Gasteiger partial charge in [0, 0.05) is 5.56 Å². The van der Waals surface area contributed by atoms with Gasteiger partial charge in [-0.25, -0.2) is 0 Å². The third kappa shape index (κ3) is 2.57. The first-order chi connectivity index (χ1) is 6.29. The molecule has 2 unspecified atom stereocenters. The quantitative estimate of drug-likeness (QED) is 0.542. The minimum Gasteiger partial charge on any atom is -0.472 e. The first kappa shape index (κ1) is 10.3. The van der Waals surface area contributed by atoms with Gasteiger partial charge in [-0.15, -0.1) is 0 Å². The second-order valence-electron chi connectivity index (χ2n) is 3.47. The summed E-state index contributed by atoms with van der Waals surface area (Å²) >= 11 is 0. The highest BCUT2D eigenvalue weighted by atomic mass is 16.3. The van der Waals surface area contributed by atoms with Crippen LogP contribution in [-0.2, 0) is 0 Å². The average molecular weight is 182 g/mol. The SMILES string of the molecule is CCCC(C)C(NN)c1ccoc1. The fraction of sp³-hybridized carbons (Fsp3) is 0.600. The lowest BCUT2D eigenvalue weighted by atomic mass is 9.93. The van der Waals surface area contributed by atoms with Crippen LogP contribution in [0.25, 0.3) is 0 Å². The Balaban J connectivity index is 2.62. The van der Waals surface area contributed by atoms with Crippen molar-refractivity contribution in [3.63, 3.8) is 0 Å². The van der Waals surface area contributed by atoms with Gasteiger partial charge in [-0.3, -0.25) is 11.3 Å². The van der Waals surface area contributed by atoms with E-state index >= 15 is 0 Å². The largest absolute Gasteiger partial charge is 0.472 e. The lowest BCUT2D eigenvalue weighted by molar-refractivity contribution is 0.365. The van der Waals surface area contributed by atoms with Crippen molar-refractivity contribution in [2.24, 2.45) is 11.8 Å². The van der Waals surface area contributed by atoms with Crippen molar-refractivity contribution in [2.45, 2.75) is 32.7 Å². The Bertz CT molecular complexity index is 221. The van der Waals surface area contributed by atoms with Gasteiger partial charge < -0.3 is 4.42 Å². The molecule has 74 valence electrons. The minimum atomic E-state index is 0.207. The normalized spacial score (nSPS) is 15.6. The fourth-order valence-corrected chi connectivity index (χ4v) is 1.66. The number of nitrogens with one attached hydrogen (secondary N) is 1. The molecule has 1 aromatic heterocycles. The maximum absolute atomic E-state index is 5.50. The molecule has 0 aliphatic carbocycles. The summed E-state index contributed by atoms with van der Waals surface area (Å²) in [7, 11) is 0. The molecule has 3 heteroatoms. The Morgan fingerprint density at radius 2 is 2.38 bits per heavy atom. The number of hydrogen-bond donors (Lipinski definition) is 2. The van der Waals surface area contributed by atoms with Crippen molar-refractivity contribution in [3.05, 3.63) is 24.2 Å². The number of nitrogens with two attached hydrogens (primary N) is 1. The summed E-state index contributed by atoms with van der Waals surface area (Å²) in [5.74, 6) is 6.04. The lowest BCUT2D eigenvalue weighted by Gasteiger charge is -2.21. The Morgan fingerprint density at radius 3 is 2.85 bits per heavy atom. The molecule has 1 rings (SSSR count). The van der Waals surface area contributed by atoms with E-state index in [1.807, 2.05) is 6.07 Å². The van der Waals surface area contributed by atoms with Crippen LogP contribution in [-0.4, -0.2) is 0 Å². The van der Waals surface area contributed by atoms with Gasteiger partial charge >= 0.3 is 0 Å². The average Bonchev–Trinajstić information content (AvgIpc) is 2.59. The molecule has 1 heterocycles. The standard InChI is InChI=1S/C10H18N2O/c1-3-4-8(2)10(12-11)9-5-6-13-7-9/h5-8,10,12H,3-4,11H2,1-2H3. The van der Waals surface area contributed by atoms with Crippen LogP contribution in [0.1, 0.15) is 38.3 Å². The van der Waals surface area contributed by atoms with Gasteiger partial charge in [0.25, 0.3) is 0 Å². The smallest absolute Gasteiger partial charge is 0.0950 e. The van der Waals surface area contributed by atoms with E-state index in [-0.39, 0.29) is 6.04 Å². The third-order valence-electron chi connectivity index (χ3n) is 2.39. The monoisotopic (exact) mass is 182 g/mol. The molecular formula is C10H18N2O. The van der Waals surface area contributed by atoms with Crippen molar-refractivity contribution in [1.82, 2.24) is 5.43 Å². The van der Waals surface area contributed by atoms with Crippen LogP contribution in [0.15, 0.2) is 23.0 Å². The van der Waals surface area contributed by atoms with Crippen LogP contribution in [0.5, 0.6) is 0 Å². The van der Waals surface area contributed by atoms with E-state index in [9.17, 15) is 0 Å². The highest BCUT2D eigenvalue weighted by molar-refractivity contribution is 5.12. The fourth-order valence-electron chi connectivity index (χ4n) is 1.66. The zero-order chi connectivity index (χ0) is 9.68. The van der Waals surface area contributed by atoms with E-state index in [1.165, 1.54) is 12.8 Å². The zero-order valence-electron chi connectivity index (χ0n) is 8.29. The van der Waals surface area contributed by atoms with Crippen LogP contribution in [0, 0.1) is 5.92 Å². The van der Waals surface area contributed by atoms with Crippen molar-refractivity contribution in [2.75, 3.05) is 0 Å². The van der Waals surface area contributed by atoms with Crippen LogP contribution >= 0.6 is 0 Å². The lowest BCUT2D eigenvalue weighted by Crippen LogP contribution is -2.32. The van der Waals surface area contributed by atoms with Gasteiger partial charge in [0.15, 0.2) is 0 Å². The molecule has 3 N–H and O–H groups in total. The number of hydrogen-bond acceptors (Lipinski definition) is 3. The third-order valence-corrected chi connectivity index (χ3v) is 2.39. The van der Waals surface area contributed by atoms with Gasteiger partial charge in [0.05, 0.1) is 18.6 Å². The zero-order valence-corrected chi connectivity index (χ0v) is 8.29. The van der Waals surface area contributed by atoms with Gasteiger partial charge in [-0.1, -0.05) is 20.3 Å². The molecule has 0 aromatic carbocycles. The van der Waals surface area contributed by atoms with E-state index in [4.69, 9.17) is 10.3 Å². The molecule has 3 nitrogen and oxygen atoms in total. The summed E-state index contributed by atoms with van der Waals surface area (Å²) in [6, 6.07) is 2.16. The van der Waals surface area contributed by atoms with E-state index in [2.05, 4.69) is 19.3 Å². The van der Waals surface area contributed by atoms with Gasteiger partial charge in [0.1, 0.15) is 0 Å². The summed E-state index contributed by atoms with van der Waals surface area (Å²) in [5, 5.41) is 0. The molecule has 0 amide bonds. The van der Waals surface area contributed by atoms with Gasteiger partial charge in [-0.05, 0) is 18.4 Å². The number of furan rings is 1. The molecule has 0 aliphatic heterocycles. The van der Waals surface area contributed by atoms with Crippen LogP contribution in [0.2, 0.25) is 0 Å². The van der Waals surface area contributed by atoms with Crippen molar-refractivity contribution >= 4 is 0 Å². The molecular weight excluding hydrogens is 164 g/mol. The summed E-state index contributed by atoms with van der Waals surface area (Å²) in [4.78, 5) is 0. The Kier molecular flexibility index (Phi) is 3.99. The minimum absolute atomic E-state index is 0.207. The van der Waals surface area contributed by atoms with Crippen molar-refractivity contribution in [3.8, 4) is 0 Å². The van der Waals surface area contributed by atoms with Gasteiger partial charge in [0.2, 0.25) is 0 Å². The van der Waals surface area contributed by atoms with Crippen LogP contribution < -0.4 is 11.3 Å². The first-order valence-electron chi connectivity index (χ1n) is 4.77. The molecule has 13 heavy (non-hydrogen) atoms. The summed E-state index contributed by atoms with van der Waals surface area (Å²) in [6.07, 6.45) is 5.77. The molecule has 0 saturated carbocycles. The summed E-state index contributed by atoms with van der Waals surface area (Å²) in [6.45, 7) is 4.38. The first-order valence-corrected chi connectivity index (χ1v) is 4.77. The van der Waals surface area contributed by atoms with E-state index in [1.54, 1.807) is 12.5 Å². The molecule has 0 fully saturated rings. The predicted molar refractivity (Wildman–Crippen MR) is 52.8 cm³/mol. The summed E-state index contributed by atoms with van der Waals surface area (Å²) in [5.41, 5.74) is 3.96. The molecule has 2 atom stereocenters. The predicted octanol–water partition coefficient (Wildman–Crippen LogP) is 2.22. The highest BCUT2D eigenvalue weighted by Gasteiger charge is 2.17. The van der Waals surface area contributed by atoms with Crippen LogP contribution in [0.3, 0.4) is 0 Å². The Morgan fingerprint density at radius 1 is 1.62 bits per heavy atom. The number of hydrazine groups is 1. The molecule has 0 radical (unpaired) electrons. The van der Waals surface area contributed by atoms with E-state index in [0.29, 0.717) is 5.92 Å². The van der Waals surface area contributed by atoms with Gasteiger partial charge in [-0.2, -0.15) is 0 Å². The topological polar surface area (TPSA) is 51.2 Å². The molecule has 0 aliphatic rings. The summed E-state index contributed by atoms with van der Waals surface area (Å²) < 4.78 is 5.03.